The Bertz CT molecular complexity index is 491. The van der Waals surface area contributed by atoms with Gasteiger partial charge in [0, 0.05) is 12.8 Å². The SMILES string of the molecule is COC(=O)[C@@H](C)[C@H](OC1(O)CCCC1)c1ccccc1C. The van der Waals surface area contributed by atoms with Gasteiger partial charge in [-0.3, -0.25) is 4.79 Å². The van der Waals surface area contributed by atoms with Gasteiger partial charge in [-0.05, 0) is 37.8 Å². The number of hydrogen-bond acceptors (Lipinski definition) is 4. The van der Waals surface area contributed by atoms with Crippen molar-refractivity contribution >= 4 is 5.97 Å². The number of benzene rings is 1. The van der Waals surface area contributed by atoms with Crippen molar-refractivity contribution in [2.75, 3.05) is 7.11 Å². The Hall–Kier alpha value is -1.39. The lowest BCUT2D eigenvalue weighted by molar-refractivity contribution is -0.237. The van der Waals surface area contributed by atoms with E-state index >= 15 is 0 Å². The van der Waals surface area contributed by atoms with Gasteiger partial charge < -0.3 is 14.6 Å². The highest BCUT2D eigenvalue weighted by Gasteiger charge is 2.39. The molecule has 21 heavy (non-hydrogen) atoms. The summed E-state index contributed by atoms with van der Waals surface area (Å²) in [7, 11) is 1.37. The van der Waals surface area contributed by atoms with Gasteiger partial charge in [0.2, 0.25) is 0 Å². The number of rotatable bonds is 5. The fraction of sp³-hybridized carbons (Fsp3) is 0.588. The van der Waals surface area contributed by atoms with Gasteiger partial charge in [-0.15, -0.1) is 0 Å². The highest BCUT2D eigenvalue weighted by molar-refractivity contribution is 5.73. The quantitative estimate of drug-likeness (QED) is 0.669. The molecule has 1 aromatic carbocycles. The Labute approximate surface area is 126 Å². The van der Waals surface area contributed by atoms with E-state index in [-0.39, 0.29) is 5.97 Å². The zero-order valence-electron chi connectivity index (χ0n) is 13.0. The van der Waals surface area contributed by atoms with E-state index in [0.717, 1.165) is 24.0 Å². The van der Waals surface area contributed by atoms with Crippen molar-refractivity contribution in [2.45, 2.75) is 51.4 Å². The van der Waals surface area contributed by atoms with Crippen LogP contribution >= 0.6 is 0 Å². The van der Waals surface area contributed by atoms with Crippen LogP contribution in [-0.4, -0.2) is 24.0 Å². The topological polar surface area (TPSA) is 55.8 Å². The molecule has 1 saturated carbocycles. The predicted molar refractivity (Wildman–Crippen MR) is 79.6 cm³/mol. The number of aryl methyl sites for hydroxylation is 1. The van der Waals surface area contributed by atoms with Gasteiger partial charge in [-0.1, -0.05) is 24.3 Å². The van der Waals surface area contributed by atoms with Crippen LogP contribution in [0.2, 0.25) is 0 Å². The lowest BCUT2D eigenvalue weighted by Gasteiger charge is -2.32. The zero-order valence-corrected chi connectivity index (χ0v) is 13.0. The van der Waals surface area contributed by atoms with E-state index in [1.807, 2.05) is 31.2 Å². The fourth-order valence-electron chi connectivity index (χ4n) is 2.93. The van der Waals surface area contributed by atoms with Crippen LogP contribution in [0.4, 0.5) is 0 Å². The van der Waals surface area contributed by atoms with Crippen molar-refractivity contribution < 1.29 is 19.4 Å². The third-order valence-electron chi connectivity index (χ3n) is 4.25. The summed E-state index contributed by atoms with van der Waals surface area (Å²) in [6, 6.07) is 7.79. The smallest absolute Gasteiger partial charge is 0.311 e. The predicted octanol–water partition coefficient (Wildman–Crippen LogP) is 3.12. The first-order valence-electron chi connectivity index (χ1n) is 7.50. The minimum absolute atomic E-state index is 0.329. The number of hydrogen-bond donors (Lipinski definition) is 1. The van der Waals surface area contributed by atoms with Crippen LogP contribution in [0.25, 0.3) is 0 Å². The van der Waals surface area contributed by atoms with Gasteiger partial charge >= 0.3 is 5.97 Å². The minimum atomic E-state index is -1.13. The first-order chi connectivity index (χ1) is 9.97. The van der Waals surface area contributed by atoms with Crippen LogP contribution in [0.15, 0.2) is 24.3 Å². The maximum absolute atomic E-state index is 11.9. The maximum Gasteiger partial charge on any atom is 0.311 e. The number of carbonyl (C=O) groups is 1. The Balaban J connectivity index is 2.30. The largest absolute Gasteiger partial charge is 0.469 e. The molecule has 0 bridgehead atoms. The van der Waals surface area contributed by atoms with Crippen molar-refractivity contribution in [3.05, 3.63) is 35.4 Å². The summed E-state index contributed by atoms with van der Waals surface area (Å²) < 4.78 is 10.9. The van der Waals surface area contributed by atoms with E-state index in [1.165, 1.54) is 7.11 Å². The Morgan fingerprint density at radius 3 is 2.48 bits per heavy atom. The molecular formula is C17H24O4. The number of methoxy groups -OCH3 is 1. The first kappa shape index (κ1) is 16.0. The van der Waals surface area contributed by atoms with Crippen molar-refractivity contribution in [1.82, 2.24) is 0 Å². The second-order valence-electron chi connectivity index (χ2n) is 5.86. The highest BCUT2D eigenvalue weighted by Crippen LogP contribution is 2.39. The van der Waals surface area contributed by atoms with Crippen LogP contribution < -0.4 is 0 Å². The van der Waals surface area contributed by atoms with Crippen LogP contribution in [0, 0.1) is 12.8 Å². The average molecular weight is 292 g/mol. The molecule has 1 N–H and O–H groups in total. The summed E-state index contributed by atoms with van der Waals surface area (Å²) in [6.07, 6.45) is 2.63. The lowest BCUT2D eigenvalue weighted by Crippen LogP contribution is -2.35. The van der Waals surface area contributed by atoms with Gasteiger partial charge in [0.15, 0.2) is 5.79 Å². The summed E-state index contributed by atoms with van der Waals surface area (Å²) in [5, 5.41) is 10.5. The molecule has 0 heterocycles. The summed E-state index contributed by atoms with van der Waals surface area (Å²) in [5.41, 5.74) is 1.97. The van der Waals surface area contributed by atoms with Gasteiger partial charge in [0.25, 0.3) is 0 Å². The van der Waals surface area contributed by atoms with Crippen LogP contribution in [0.1, 0.15) is 49.8 Å². The number of ether oxygens (including phenoxy) is 2. The summed E-state index contributed by atoms with van der Waals surface area (Å²) >= 11 is 0. The second kappa shape index (κ2) is 6.58. The van der Waals surface area contributed by atoms with E-state index in [4.69, 9.17) is 9.47 Å². The van der Waals surface area contributed by atoms with Crippen LogP contribution in [0.5, 0.6) is 0 Å². The van der Waals surface area contributed by atoms with Crippen LogP contribution in [-0.2, 0) is 14.3 Å². The molecule has 0 unspecified atom stereocenters. The maximum atomic E-state index is 11.9. The van der Waals surface area contributed by atoms with Gasteiger partial charge in [-0.25, -0.2) is 0 Å². The molecule has 4 heteroatoms. The van der Waals surface area contributed by atoms with E-state index in [1.54, 1.807) is 6.92 Å². The van der Waals surface area contributed by atoms with Crippen molar-refractivity contribution in [3.63, 3.8) is 0 Å². The van der Waals surface area contributed by atoms with Gasteiger partial charge in [0.05, 0.1) is 19.1 Å². The molecule has 0 radical (unpaired) electrons. The molecule has 1 aromatic rings. The minimum Gasteiger partial charge on any atom is -0.469 e. The average Bonchev–Trinajstić information content (AvgIpc) is 2.91. The molecule has 1 aliphatic rings. The molecule has 0 aliphatic heterocycles. The highest BCUT2D eigenvalue weighted by atomic mass is 16.6. The fourth-order valence-corrected chi connectivity index (χ4v) is 2.93. The third kappa shape index (κ3) is 3.63. The van der Waals surface area contributed by atoms with Gasteiger partial charge in [0.1, 0.15) is 0 Å². The van der Waals surface area contributed by atoms with Gasteiger partial charge in [-0.2, -0.15) is 0 Å². The lowest BCUT2D eigenvalue weighted by atomic mass is 9.93. The van der Waals surface area contributed by atoms with Crippen molar-refractivity contribution in [3.8, 4) is 0 Å². The third-order valence-corrected chi connectivity index (χ3v) is 4.25. The number of carbonyl (C=O) groups excluding carboxylic acids is 1. The molecule has 0 aromatic heterocycles. The standard InChI is InChI=1S/C17H24O4/c1-12-8-4-5-9-14(12)15(13(2)16(18)20-3)21-17(19)10-6-7-11-17/h4-5,8-9,13,15,19H,6-7,10-11H2,1-3H3/t13-,15-/m0/s1. The first-order valence-corrected chi connectivity index (χ1v) is 7.50. The van der Waals surface area contributed by atoms with Crippen molar-refractivity contribution in [2.24, 2.45) is 5.92 Å². The second-order valence-corrected chi connectivity index (χ2v) is 5.86. The van der Waals surface area contributed by atoms with E-state index in [9.17, 15) is 9.90 Å². The summed E-state index contributed by atoms with van der Waals surface area (Å²) in [5.74, 6) is -1.93. The zero-order chi connectivity index (χ0) is 15.5. The normalized spacial score (nSPS) is 20.0. The van der Waals surface area contributed by atoms with E-state index < -0.39 is 17.8 Å². The van der Waals surface area contributed by atoms with E-state index in [2.05, 4.69) is 0 Å². The Kier molecular flexibility index (Phi) is 5.01. The van der Waals surface area contributed by atoms with E-state index in [0.29, 0.717) is 12.8 Å². The summed E-state index contributed by atoms with van der Waals surface area (Å²) in [6.45, 7) is 3.76. The molecule has 2 atom stereocenters. The monoisotopic (exact) mass is 292 g/mol. The molecule has 1 aliphatic carbocycles. The molecule has 0 spiro atoms. The number of esters is 1. The van der Waals surface area contributed by atoms with Crippen molar-refractivity contribution in [1.29, 1.82) is 0 Å². The Morgan fingerprint density at radius 1 is 1.29 bits per heavy atom. The molecule has 0 saturated heterocycles. The number of aliphatic hydroxyl groups is 1. The molecule has 4 nitrogen and oxygen atoms in total. The molecule has 2 rings (SSSR count). The van der Waals surface area contributed by atoms with Crippen LogP contribution in [0.3, 0.4) is 0 Å². The molecular weight excluding hydrogens is 268 g/mol. The Morgan fingerprint density at radius 2 is 1.90 bits per heavy atom. The summed E-state index contributed by atoms with van der Waals surface area (Å²) in [4.78, 5) is 11.9. The molecule has 116 valence electrons. The molecule has 0 amide bonds. The molecule has 1 fully saturated rings.